The lowest BCUT2D eigenvalue weighted by Gasteiger charge is -2.27. The zero-order valence-corrected chi connectivity index (χ0v) is 26.6. The number of para-hydroxylation sites is 5. The third-order valence-corrected chi connectivity index (χ3v) is 9.76. The van der Waals surface area contributed by atoms with Crippen LogP contribution in [-0.4, -0.2) is 4.57 Å². The van der Waals surface area contributed by atoms with Crippen LogP contribution in [0.3, 0.4) is 0 Å². The SMILES string of the molecule is c1ccc(N(c2ccc(-c3ccc4ccc5oc6ccccc6c5c4c3)cc2)c2cccc3c4ccccc4n(-c4ccccc4)c23)cc1. The molecule has 0 aliphatic carbocycles. The highest BCUT2D eigenvalue weighted by Crippen LogP contribution is 2.44. The molecular weight excluding hydrogens is 597 g/mol. The summed E-state index contributed by atoms with van der Waals surface area (Å²) in [7, 11) is 0. The van der Waals surface area contributed by atoms with E-state index in [1.807, 2.05) is 12.1 Å². The fraction of sp³-hybridized carbons (Fsp3) is 0. The lowest BCUT2D eigenvalue weighted by Crippen LogP contribution is -2.11. The maximum Gasteiger partial charge on any atom is 0.136 e. The van der Waals surface area contributed by atoms with Gasteiger partial charge in [-0.25, -0.2) is 0 Å². The van der Waals surface area contributed by atoms with Gasteiger partial charge in [0.05, 0.1) is 16.7 Å². The Morgan fingerprint density at radius 2 is 1.08 bits per heavy atom. The highest BCUT2D eigenvalue weighted by molar-refractivity contribution is 6.19. The normalized spacial score (nSPS) is 11.7. The minimum absolute atomic E-state index is 0.918. The van der Waals surface area contributed by atoms with Crippen molar-refractivity contribution in [1.82, 2.24) is 4.57 Å². The number of furan rings is 1. The van der Waals surface area contributed by atoms with E-state index in [2.05, 4.69) is 179 Å². The number of rotatable bonds is 5. The molecule has 2 heterocycles. The quantitative estimate of drug-likeness (QED) is 0.190. The van der Waals surface area contributed by atoms with Crippen LogP contribution < -0.4 is 4.90 Å². The molecule has 8 aromatic carbocycles. The summed E-state index contributed by atoms with van der Waals surface area (Å²) < 4.78 is 8.61. The van der Waals surface area contributed by atoms with E-state index in [4.69, 9.17) is 4.42 Å². The fourth-order valence-electron chi connectivity index (χ4n) is 7.56. The van der Waals surface area contributed by atoms with Crippen LogP contribution in [0.25, 0.3) is 71.3 Å². The molecule has 2 aromatic heterocycles. The Balaban J connectivity index is 1.15. The van der Waals surface area contributed by atoms with Gasteiger partial charge in [0.1, 0.15) is 11.2 Å². The number of hydrogen-bond acceptors (Lipinski definition) is 2. The van der Waals surface area contributed by atoms with Gasteiger partial charge >= 0.3 is 0 Å². The van der Waals surface area contributed by atoms with Gasteiger partial charge in [-0.05, 0) is 88.6 Å². The van der Waals surface area contributed by atoms with Crippen LogP contribution in [0.5, 0.6) is 0 Å². The molecule has 0 unspecified atom stereocenters. The van der Waals surface area contributed by atoms with Crippen molar-refractivity contribution in [3.05, 3.63) is 182 Å². The summed E-state index contributed by atoms with van der Waals surface area (Å²) >= 11 is 0. The molecule has 0 saturated carbocycles. The Kier molecular flexibility index (Phi) is 6.18. The minimum atomic E-state index is 0.918. The zero-order chi connectivity index (χ0) is 32.3. The lowest BCUT2D eigenvalue weighted by atomic mass is 9.98. The van der Waals surface area contributed by atoms with Crippen molar-refractivity contribution in [3.63, 3.8) is 0 Å². The van der Waals surface area contributed by atoms with Crippen LogP contribution in [0.1, 0.15) is 0 Å². The maximum absolute atomic E-state index is 6.21. The average Bonchev–Trinajstić information content (AvgIpc) is 3.73. The van der Waals surface area contributed by atoms with Crippen molar-refractivity contribution in [2.24, 2.45) is 0 Å². The van der Waals surface area contributed by atoms with Gasteiger partial charge in [-0.3, -0.25) is 0 Å². The van der Waals surface area contributed by atoms with E-state index >= 15 is 0 Å². The standard InChI is InChI=1S/C46H30N2O/c1-3-12-34(13-4-1)47(42-20-11-18-38-37-16-7-9-19-41(37)48(46(38)42)35-14-5-2-6-15-35)36-27-24-31(25-28-36)33-23-22-32-26-29-44-45(40(32)30-33)39-17-8-10-21-43(39)49-44/h1-30H. The van der Waals surface area contributed by atoms with Crippen molar-refractivity contribution >= 4 is 71.6 Å². The summed E-state index contributed by atoms with van der Waals surface area (Å²) in [6.45, 7) is 0. The lowest BCUT2D eigenvalue weighted by molar-refractivity contribution is 0.669. The number of nitrogens with zero attached hydrogens (tertiary/aromatic N) is 2. The van der Waals surface area contributed by atoms with E-state index in [9.17, 15) is 0 Å². The zero-order valence-electron chi connectivity index (χ0n) is 26.6. The molecule has 0 spiro atoms. The largest absolute Gasteiger partial charge is 0.456 e. The van der Waals surface area contributed by atoms with Gasteiger partial charge in [0.25, 0.3) is 0 Å². The van der Waals surface area contributed by atoms with E-state index in [0.717, 1.165) is 39.3 Å². The molecule has 230 valence electrons. The van der Waals surface area contributed by atoms with Crippen LogP contribution in [0.15, 0.2) is 186 Å². The molecule has 0 radical (unpaired) electrons. The van der Waals surface area contributed by atoms with Gasteiger partial charge in [0, 0.05) is 38.6 Å². The number of fused-ring (bicyclic) bond motifs is 8. The van der Waals surface area contributed by atoms with E-state index in [1.165, 1.54) is 49.1 Å². The van der Waals surface area contributed by atoms with Gasteiger partial charge in [-0.2, -0.15) is 0 Å². The highest BCUT2D eigenvalue weighted by atomic mass is 16.3. The average molecular weight is 627 g/mol. The highest BCUT2D eigenvalue weighted by Gasteiger charge is 2.21. The van der Waals surface area contributed by atoms with Gasteiger partial charge < -0.3 is 13.9 Å². The Bertz CT molecular complexity index is 2810. The summed E-state index contributed by atoms with van der Waals surface area (Å²) in [5.41, 5.74) is 11.0. The smallest absolute Gasteiger partial charge is 0.136 e. The second-order valence-electron chi connectivity index (χ2n) is 12.6. The van der Waals surface area contributed by atoms with Gasteiger partial charge in [0.2, 0.25) is 0 Å². The van der Waals surface area contributed by atoms with Crippen LogP contribution in [0.4, 0.5) is 17.1 Å². The molecule has 0 aliphatic heterocycles. The molecule has 0 N–H and O–H groups in total. The van der Waals surface area contributed by atoms with Gasteiger partial charge in [-0.1, -0.05) is 115 Å². The number of aromatic nitrogens is 1. The first-order valence-corrected chi connectivity index (χ1v) is 16.7. The van der Waals surface area contributed by atoms with Gasteiger partial charge in [-0.15, -0.1) is 0 Å². The molecule has 0 aliphatic rings. The van der Waals surface area contributed by atoms with Crippen LogP contribution in [-0.2, 0) is 0 Å². The predicted octanol–water partition coefficient (Wildman–Crippen LogP) is 13.0. The second kappa shape index (κ2) is 11.0. The molecule has 0 saturated heterocycles. The van der Waals surface area contributed by atoms with E-state index in [1.54, 1.807) is 0 Å². The van der Waals surface area contributed by atoms with Gasteiger partial charge in [0.15, 0.2) is 0 Å². The molecule has 0 atom stereocenters. The van der Waals surface area contributed by atoms with Crippen molar-refractivity contribution in [2.75, 3.05) is 4.90 Å². The number of benzene rings is 8. The summed E-state index contributed by atoms with van der Waals surface area (Å²) in [6, 6.07) is 65.0. The third kappa shape index (κ3) is 4.37. The summed E-state index contributed by atoms with van der Waals surface area (Å²) in [5.74, 6) is 0. The molecule has 0 bridgehead atoms. The van der Waals surface area contributed by atoms with Crippen LogP contribution >= 0.6 is 0 Å². The van der Waals surface area contributed by atoms with Crippen molar-refractivity contribution in [1.29, 1.82) is 0 Å². The predicted molar refractivity (Wildman–Crippen MR) is 206 cm³/mol. The first kappa shape index (κ1) is 27.5. The van der Waals surface area contributed by atoms with E-state index in [0.29, 0.717) is 0 Å². The first-order chi connectivity index (χ1) is 24.3. The van der Waals surface area contributed by atoms with E-state index in [-0.39, 0.29) is 0 Å². The Morgan fingerprint density at radius 1 is 0.429 bits per heavy atom. The molecule has 3 nitrogen and oxygen atoms in total. The van der Waals surface area contributed by atoms with Crippen LogP contribution in [0.2, 0.25) is 0 Å². The van der Waals surface area contributed by atoms with Crippen molar-refractivity contribution in [3.8, 4) is 16.8 Å². The Hall–Kier alpha value is -6.58. The summed E-state index contributed by atoms with van der Waals surface area (Å²) in [5, 5.41) is 7.19. The first-order valence-electron chi connectivity index (χ1n) is 16.7. The molecule has 10 aromatic rings. The van der Waals surface area contributed by atoms with E-state index < -0.39 is 0 Å². The minimum Gasteiger partial charge on any atom is -0.456 e. The Morgan fingerprint density at radius 3 is 1.92 bits per heavy atom. The summed E-state index contributed by atoms with van der Waals surface area (Å²) in [4.78, 5) is 2.38. The fourth-order valence-corrected chi connectivity index (χ4v) is 7.56. The monoisotopic (exact) mass is 626 g/mol. The number of hydrogen-bond donors (Lipinski definition) is 0. The molecular formula is C46H30N2O. The summed E-state index contributed by atoms with van der Waals surface area (Å²) in [6.07, 6.45) is 0. The molecule has 0 amide bonds. The topological polar surface area (TPSA) is 21.3 Å². The maximum atomic E-state index is 6.21. The molecule has 10 rings (SSSR count). The molecule has 3 heteroatoms. The van der Waals surface area contributed by atoms with Crippen molar-refractivity contribution in [2.45, 2.75) is 0 Å². The number of anilines is 3. The van der Waals surface area contributed by atoms with Crippen molar-refractivity contribution < 1.29 is 4.42 Å². The molecule has 0 fully saturated rings. The third-order valence-electron chi connectivity index (χ3n) is 9.76. The molecule has 49 heavy (non-hydrogen) atoms. The Labute approximate surface area is 283 Å². The van der Waals surface area contributed by atoms with Crippen LogP contribution in [0, 0.1) is 0 Å². The second-order valence-corrected chi connectivity index (χ2v) is 12.6.